The number of amides is 1. The lowest BCUT2D eigenvalue weighted by molar-refractivity contribution is -0.124. The van der Waals surface area contributed by atoms with Gasteiger partial charge in [0, 0.05) is 0 Å². The maximum absolute atomic E-state index is 12.6. The molecule has 3 nitrogen and oxygen atoms in total. The van der Waals surface area contributed by atoms with Crippen molar-refractivity contribution in [2.24, 2.45) is 0 Å². The van der Waals surface area contributed by atoms with Gasteiger partial charge >= 0.3 is 0 Å². The Morgan fingerprint density at radius 3 is 2.75 bits per heavy atom. The van der Waals surface area contributed by atoms with Crippen molar-refractivity contribution in [2.45, 2.75) is 63.0 Å². The van der Waals surface area contributed by atoms with Crippen LogP contribution in [0.3, 0.4) is 0 Å². The Morgan fingerprint density at radius 2 is 1.90 bits per heavy atom. The van der Waals surface area contributed by atoms with Crippen molar-refractivity contribution in [1.29, 1.82) is 0 Å². The van der Waals surface area contributed by atoms with Crippen LogP contribution in [0.2, 0.25) is 0 Å². The molecule has 2 aliphatic rings. The summed E-state index contributed by atoms with van der Waals surface area (Å²) in [6.45, 7) is 0. The lowest BCUT2D eigenvalue weighted by Crippen LogP contribution is -2.47. The third-order valence-corrected chi connectivity index (χ3v) is 4.74. The highest BCUT2D eigenvalue weighted by atomic mass is 16.3. The van der Waals surface area contributed by atoms with Crippen molar-refractivity contribution in [3.05, 3.63) is 35.4 Å². The number of fused-ring (bicyclic) bond motifs is 1. The number of aryl methyl sites for hydroxylation is 1. The highest BCUT2D eigenvalue weighted by Crippen LogP contribution is 2.32. The summed E-state index contributed by atoms with van der Waals surface area (Å²) in [7, 11) is 0. The van der Waals surface area contributed by atoms with Gasteiger partial charge in [0.05, 0.1) is 18.1 Å². The molecule has 1 aromatic rings. The number of benzene rings is 1. The second-order valence-corrected chi connectivity index (χ2v) is 6.11. The van der Waals surface area contributed by atoms with Crippen LogP contribution in [0, 0.1) is 0 Å². The van der Waals surface area contributed by atoms with Crippen LogP contribution in [0.1, 0.15) is 55.6 Å². The maximum Gasteiger partial charge on any atom is 0.227 e. The molecule has 0 aromatic heterocycles. The molecule has 0 spiro atoms. The van der Waals surface area contributed by atoms with Gasteiger partial charge in [0.2, 0.25) is 5.91 Å². The van der Waals surface area contributed by atoms with Crippen molar-refractivity contribution >= 4 is 5.91 Å². The normalized spacial score (nSPS) is 29.6. The minimum absolute atomic E-state index is 0.0333. The molecule has 2 N–H and O–H groups in total. The Hall–Kier alpha value is -1.35. The smallest absolute Gasteiger partial charge is 0.227 e. The summed E-state index contributed by atoms with van der Waals surface area (Å²) in [6, 6.07) is 8.22. The fourth-order valence-electron chi connectivity index (χ4n) is 3.59. The third kappa shape index (κ3) is 2.73. The molecule has 1 unspecified atom stereocenters. The first kappa shape index (κ1) is 13.6. The van der Waals surface area contributed by atoms with Gasteiger partial charge in [-0.2, -0.15) is 0 Å². The monoisotopic (exact) mass is 273 g/mol. The first-order valence-electron chi connectivity index (χ1n) is 7.82. The molecule has 3 heteroatoms. The number of aliphatic hydroxyl groups excluding tert-OH is 1. The summed E-state index contributed by atoms with van der Waals surface area (Å²) in [6.07, 6.45) is 6.59. The molecule has 0 radical (unpaired) electrons. The van der Waals surface area contributed by atoms with E-state index in [4.69, 9.17) is 0 Å². The van der Waals surface area contributed by atoms with E-state index in [0.717, 1.165) is 44.9 Å². The number of carbonyl (C=O) groups is 1. The summed E-state index contributed by atoms with van der Waals surface area (Å²) in [5, 5.41) is 13.1. The van der Waals surface area contributed by atoms with Gasteiger partial charge in [-0.25, -0.2) is 0 Å². The average Bonchev–Trinajstić information content (AvgIpc) is 2.49. The molecule has 0 saturated heterocycles. The predicted octanol–water partition coefficient (Wildman–Crippen LogP) is 2.53. The summed E-state index contributed by atoms with van der Waals surface area (Å²) in [5.74, 6) is 0.0668. The number of nitrogens with one attached hydrogen (secondary N) is 1. The molecule has 3 atom stereocenters. The lowest BCUT2D eigenvalue weighted by Gasteiger charge is -2.31. The predicted molar refractivity (Wildman–Crippen MR) is 78.5 cm³/mol. The molecule has 1 amide bonds. The molecule has 0 heterocycles. The van der Waals surface area contributed by atoms with Gasteiger partial charge in [-0.15, -0.1) is 0 Å². The largest absolute Gasteiger partial charge is 0.391 e. The summed E-state index contributed by atoms with van der Waals surface area (Å²) in [5.41, 5.74) is 2.49. The highest BCUT2D eigenvalue weighted by molar-refractivity contribution is 5.84. The Balaban J connectivity index is 1.72. The van der Waals surface area contributed by atoms with Gasteiger partial charge in [0.25, 0.3) is 0 Å². The molecule has 2 aliphatic carbocycles. The van der Waals surface area contributed by atoms with E-state index in [1.165, 1.54) is 11.1 Å². The van der Waals surface area contributed by atoms with Crippen LogP contribution in [0.5, 0.6) is 0 Å². The van der Waals surface area contributed by atoms with Gasteiger partial charge < -0.3 is 10.4 Å². The van der Waals surface area contributed by atoms with Gasteiger partial charge in [-0.1, -0.05) is 37.1 Å². The van der Waals surface area contributed by atoms with Crippen molar-refractivity contribution < 1.29 is 9.90 Å². The zero-order valence-corrected chi connectivity index (χ0v) is 11.8. The van der Waals surface area contributed by atoms with E-state index < -0.39 is 0 Å². The van der Waals surface area contributed by atoms with Crippen LogP contribution in [-0.4, -0.2) is 23.2 Å². The molecule has 3 rings (SSSR count). The summed E-state index contributed by atoms with van der Waals surface area (Å²) in [4.78, 5) is 12.6. The molecule has 1 aromatic carbocycles. The van der Waals surface area contributed by atoms with Crippen molar-refractivity contribution in [3.8, 4) is 0 Å². The van der Waals surface area contributed by atoms with Crippen LogP contribution in [0.4, 0.5) is 0 Å². The van der Waals surface area contributed by atoms with E-state index in [-0.39, 0.29) is 24.0 Å². The molecular formula is C17H23NO2. The lowest BCUT2D eigenvalue weighted by atomic mass is 9.82. The molecule has 1 saturated carbocycles. The molecule has 1 fully saturated rings. The number of carbonyl (C=O) groups excluding carboxylic acids is 1. The van der Waals surface area contributed by atoms with Gasteiger partial charge in [-0.3, -0.25) is 4.79 Å². The number of rotatable bonds is 2. The van der Waals surface area contributed by atoms with E-state index >= 15 is 0 Å². The second kappa shape index (κ2) is 5.96. The molecule has 0 aliphatic heterocycles. The first-order chi connectivity index (χ1) is 9.75. The Morgan fingerprint density at radius 1 is 1.10 bits per heavy atom. The van der Waals surface area contributed by atoms with E-state index in [9.17, 15) is 9.90 Å². The van der Waals surface area contributed by atoms with Crippen LogP contribution >= 0.6 is 0 Å². The number of hydrogen-bond acceptors (Lipinski definition) is 2. The van der Waals surface area contributed by atoms with Crippen LogP contribution < -0.4 is 5.32 Å². The van der Waals surface area contributed by atoms with Crippen molar-refractivity contribution in [2.75, 3.05) is 0 Å². The maximum atomic E-state index is 12.6. The van der Waals surface area contributed by atoms with Crippen LogP contribution in [-0.2, 0) is 11.2 Å². The minimum atomic E-state index is -0.369. The Bertz CT molecular complexity index is 486. The number of aliphatic hydroxyl groups is 1. The second-order valence-electron chi connectivity index (χ2n) is 6.11. The zero-order valence-electron chi connectivity index (χ0n) is 11.8. The summed E-state index contributed by atoms with van der Waals surface area (Å²) >= 11 is 0. The Kier molecular flexibility index (Phi) is 4.06. The molecule has 20 heavy (non-hydrogen) atoms. The van der Waals surface area contributed by atoms with E-state index in [2.05, 4.69) is 17.4 Å². The topological polar surface area (TPSA) is 49.3 Å². The molecule has 108 valence electrons. The third-order valence-electron chi connectivity index (χ3n) is 4.74. The fourth-order valence-corrected chi connectivity index (χ4v) is 3.59. The molecular weight excluding hydrogens is 250 g/mol. The highest BCUT2D eigenvalue weighted by Gasteiger charge is 2.30. The average molecular weight is 273 g/mol. The van der Waals surface area contributed by atoms with Crippen LogP contribution in [0.25, 0.3) is 0 Å². The van der Waals surface area contributed by atoms with E-state index in [0.29, 0.717) is 0 Å². The van der Waals surface area contributed by atoms with Gasteiger partial charge in [-0.05, 0) is 43.2 Å². The minimum Gasteiger partial charge on any atom is -0.391 e. The molecule has 0 bridgehead atoms. The van der Waals surface area contributed by atoms with E-state index in [1.807, 2.05) is 12.1 Å². The number of hydrogen-bond donors (Lipinski definition) is 2. The van der Waals surface area contributed by atoms with Crippen molar-refractivity contribution in [1.82, 2.24) is 5.32 Å². The fraction of sp³-hybridized carbons (Fsp3) is 0.588. The SMILES string of the molecule is O=C(N[C@@H]1CCCC[C@H]1O)C1CCCc2ccccc21. The van der Waals surface area contributed by atoms with E-state index in [1.54, 1.807) is 0 Å². The first-order valence-corrected chi connectivity index (χ1v) is 7.82. The van der Waals surface area contributed by atoms with Gasteiger partial charge in [0.15, 0.2) is 0 Å². The van der Waals surface area contributed by atoms with Gasteiger partial charge in [0.1, 0.15) is 0 Å². The zero-order chi connectivity index (χ0) is 13.9. The quantitative estimate of drug-likeness (QED) is 0.870. The standard InChI is InChI=1S/C17H23NO2/c19-16-11-4-3-10-15(16)18-17(20)14-9-5-7-12-6-1-2-8-13(12)14/h1-2,6,8,14-16,19H,3-5,7,9-11H2,(H,18,20)/t14?,15-,16-/m1/s1. The Labute approximate surface area is 120 Å². The van der Waals surface area contributed by atoms with Crippen LogP contribution in [0.15, 0.2) is 24.3 Å². The van der Waals surface area contributed by atoms with Crippen molar-refractivity contribution in [3.63, 3.8) is 0 Å². The summed E-state index contributed by atoms with van der Waals surface area (Å²) < 4.78 is 0.